The number of nitrogens with zero attached hydrogens (tertiary/aromatic N) is 9. The Balaban J connectivity index is 1.08. The Labute approximate surface area is 656 Å². The molecular weight excluding hydrogens is 1510 g/mol. The van der Waals surface area contributed by atoms with Crippen molar-refractivity contribution in [2.75, 3.05) is 103 Å². The average molecular weight is 1610 g/mol. The van der Waals surface area contributed by atoms with Crippen LogP contribution < -0.4 is 59.3 Å². The van der Waals surface area contributed by atoms with E-state index in [1.807, 2.05) is 6.07 Å². The van der Waals surface area contributed by atoms with Crippen LogP contribution in [0.25, 0.3) is 16.6 Å². The summed E-state index contributed by atoms with van der Waals surface area (Å²) in [5.41, 5.74) is 6.97. The number of fused-ring (bicyclic) bond motifs is 2. The van der Waals surface area contributed by atoms with Crippen molar-refractivity contribution in [1.29, 1.82) is 0 Å². The molecule has 0 bridgehead atoms. The maximum absolute atomic E-state index is 15.4. The van der Waals surface area contributed by atoms with Gasteiger partial charge in [-0.3, -0.25) is 72.2 Å². The molecule has 113 heavy (non-hydrogen) atoms. The molecule has 3 aromatic carbocycles. The molecule has 10 amide bonds. The summed E-state index contributed by atoms with van der Waals surface area (Å²) in [4.78, 5) is 196. The van der Waals surface area contributed by atoms with Crippen molar-refractivity contribution in [3.05, 3.63) is 124 Å². The molecule has 39 nitrogen and oxygen atoms in total. The Morgan fingerprint density at radius 3 is 1.90 bits per heavy atom. The van der Waals surface area contributed by atoms with E-state index in [1.54, 1.807) is 59.5 Å². The SMILES string of the molecule is C[C@H](O)[C@H]1NC(=O)[C@H](CCCCN)NC(=O)[C@@H](Cc2cc3ccccc3[nH]2)NC(=O)[C@H](Cc2ccc(O)cc2)NC(=O)[C@H](NC(=O)[C@@H](Cc2ccccc2)NC(=O)CN2CCN(CC(=O)O)CCN(C(=O)CCNC(=O)c3ncn4c(=O)n(C)nnc34)CCN(CC(=O)O)CC2)CSSC[C@H](C(=O)N[C@@H](CO)[C@@H](C)O)NC1=O. The van der Waals surface area contributed by atoms with Crippen LogP contribution in [0, 0.1) is 0 Å². The van der Waals surface area contributed by atoms with E-state index in [-0.39, 0.29) is 127 Å². The number of carbonyl (C=O) groups is 12. The minimum absolute atomic E-state index is 0.00909. The number of aliphatic carboxylic acids is 2. The van der Waals surface area contributed by atoms with E-state index in [1.165, 1.54) is 59.9 Å². The first-order valence-electron chi connectivity index (χ1n) is 36.7. The highest BCUT2D eigenvalue weighted by molar-refractivity contribution is 8.76. The number of aliphatic hydroxyl groups is 3. The second-order valence-corrected chi connectivity index (χ2v) is 30.0. The number of carboxylic acid groups (broad SMARTS) is 2. The minimum Gasteiger partial charge on any atom is -0.508 e. The van der Waals surface area contributed by atoms with Gasteiger partial charge in [-0.1, -0.05) is 87.5 Å². The summed E-state index contributed by atoms with van der Waals surface area (Å²) in [6.45, 7) is 0.0977. The predicted octanol–water partition coefficient (Wildman–Crippen LogP) is -5.07. The molecule has 2 saturated heterocycles. The van der Waals surface area contributed by atoms with Crippen LogP contribution in [0.15, 0.2) is 96.1 Å². The molecule has 0 unspecified atom stereocenters. The number of nitrogens with two attached hydrogens (primary N) is 1. The molecule has 18 N–H and O–H groups in total. The molecule has 2 aliphatic rings. The highest BCUT2D eigenvalue weighted by Crippen LogP contribution is 2.25. The van der Waals surface area contributed by atoms with Crippen molar-refractivity contribution < 1.29 is 88.2 Å². The monoisotopic (exact) mass is 1610 g/mol. The largest absolute Gasteiger partial charge is 0.508 e. The summed E-state index contributed by atoms with van der Waals surface area (Å²) >= 11 is 0. The first kappa shape index (κ1) is 87.9. The third-order valence-electron chi connectivity index (χ3n) is 18.8. The van der Waals surface area contributed by atoms with Crippen LogP contribution in [0.5, 0.6) is 5.75 Å². The van der Waals surface area contributed by atoms with Gasteiger partial charge in [0.2, 0.25) is 53.2 Å². The van der Waals surface area contributed by atoms with Gasteiger partial charge in [0, 0.05) is 114 Å². The second kappa shape index (κ2) is 43.4. The van der Waals surface area contributed by atoms with Gasteiger partial charge in [0.1, 0.15) is 54.4 Å². The van der Waals surface area contributed by atoms with Gasteiger partial charge >= 0.3 is 17.6 Å². The van der Waals surface area contributed by atoms with Crippen LogP contribution in [0.1, 0.15) is 66.8 Å². The number of hydrogen-bond donors (Lipinski definition) is 17. The predicted molar refractivity (Wildman–Crippen MR) is 412 cm³/mol. The van der Waals surface area contributed by atoms with Gasteiger partial charge in [0.15, 0.2) is 11.3 Å². The first-order valence-corrected chi connectivity index (χ1v) is 39.2. The molecule has 2 aliphatic heterocycles. The fraction of sp³-hybridized carbons (Fsp3) is 0.500. The Hall–Kier alpha value is -10.7. The van der Waals surface area contributed by atoms with E-state index in [0.29, 0.717) is 28.8 Å². The number of phenolic OH excluding ortho intramolecular Hbond substituents is 1. The van der Waals surface area contributed by atoms with E-state index in [4.69, 9.17) is 5.73 Å². The molecule has 3 aromatic heterocycles. The molecule has 5 heterocycles. The van der Waals surface area contributed by atoms with Gasteiger partial charge in [-0.05, 0) is 80.4 Å². The first-order chi connectivity index (χ1) is 54.1. The zero-order valence-electron chi connectivity index (χ0n) is 62.6. The number of rotatable bonds is 28. The van der Waals surface area contributed by atoms with Crippen LogP contribution in [0.2, 0.25) is 0 Å². The van der Waals surface area contributed by atoms with E-state index in [0.717, 1.165) is 42.4 Å². The minimum atomic E-state index is -1.79. The molecule has 612 valence electrons. The van der Waals surface area contributed by atoms with Gasteiger partial charge in [-0.2, -0.15) is 4.68 Å². The molecule has 10 atom stereocenters. The molecule has 8 rings (SSSR count). The zero-order valence-corrected chi connectivity index (χ0v) is 64.2. The Kier molecular flexibility index (Phi) is 33.8. The summed E-state index contributed by atoms with van der Waals surface area (Å²) in [5, 5.41) is 94.5. The fourth-order valence-electron chi connectivity index (χ4n) is 12.4. The number of carbonyl (C=O) groups excluding carboxylic acids is 10. The molecule has 0 radical (unpaired) electrons. The van der Waals surface area contributed by atoms with Crippen LogP contribution in [-0.4, -0.2) is 314 Å². The topological polar surface area (TPSA) is 554 Å². The molecule has 0 spiro atoms. The molecule has 2 fully saturated rings. The summed E-state index contributed by atoms with van der Waals surface area (Å²) in [6, 6.07) is 10.7. The molecule has 0 aliphatic carbocycles. The van der Waals surface area contributed by atoms with Gasteiger partial charge in [0.05, 0.1) is 44.5 Å². The van der Waals surface area contributed by atoms with Crippen molar-refractivity contribution in [1.82, 2.24) is 96.8 Å². The number of amides is 10. The Morgan fingerprint density at radius 1 is 0.673 bits per heavy atom. The summed E-state index contributed by atoms with van der Waals surface area (Å²) in [7, 11) is 3.14. The second-order valence-electron chi connectivity index (χ2n) is 27.5. The summed E-state index contributed by atoms with van der Waals surface area (Å²) in [5.74, 6) is -12.1. The molecule has 6 aromatic rings. The lowest BCUT2D eigenvalue weighted by molar-refractivity contribution is -0.139. The standard InChI is InChI=1S/C72H98N20O19S2/c1-42(94)54(38-93)81-69(108)56-40-113-112-39-55(68(107)79-52(32-45-16-18-48(96)19-17-45)66(105)80-53(34-47-33-46-13-7-8-14-49(46)76-47)67(106)78-50(15-9-10-21-73)64(103)84-61(43(2)95)71(110)83-56)82-65(104)51(31-44-11-5-4-6-12-44)77-57(97)35-88-23-25-89(36-59(99)100)27-29-91(30-28-90(26-24-88)37-60(101)102)58(98)20-22-74-70(109)62-63-85-86-87(3)72(111)92(63)41-75-62/h4-8,11-14,16-19,33,41-43,50-56,61,76,93-96H,9-10,15,20-32,34-40,73H2,1-3H3,(H,74,109)(H,77,97)(H,78,106)(H,79,107)(H,80,105)(H,81,108)(H,82,104)(H,83,110)(H,84,103)(H,99,100)(H,101,102)/t42-,43+,50+,51-,52+,53-,54+,55-,56-,61-/m1/s1. The van der Waals surface area contributed by atoms with Gasteiger partial charge in [-0.25, -0.2) is 14.2 Å². The summed E-state index contributed by atoms with van der Waals surface area (Å²) < 4.78 is 1.97. The van der Waals surface area contributed by atoms with Crippen molar-refractivity contribution in [3.63, 3.8) is 0 Å². The van der Waals surface area contributed by atoms with Crippen LogP contribution in [0.3, 0.4) is 0 Å². The van der Waals surface area contributed by atoms with Gasteiger partial charge in [0.25, 0.3) is 5.91 Å². The van der Waals surface area contributed by atoms with Gasteiger partial charge < -0.3 is 94.1 Å². The lowest BCUT2D eigenvalue weighted by Crippen LogP contribution is -2.62. The number of imidazole rings is 1. The highest BCUT2D eigenvalue weighted by atomic mass is 33.1. The smallest absolute Gasteiger partial charge is 0.352 e. The number of phenols is 1. The normalized spacial score (nSPS) is 20.6. The Bertz CT molecular complexity index is 4280. The molecule has 0 saturated carbocycles. The maximum Gasteiger partial charge on any atom is 0.352 e. The van der Waals surface area contributed by atoms with Crippen molar-refractivity contribution in [2.45, 2.75) is 119 Å². The van der Waals surface area contributed by atoms with E-state index < -0.39 is 169 Å². The summed E-state index contributed by atoms with van der Waals surface area (Å²) in [6.07, 6.45) is -2.26. The number of carboxylic acids is 2. The zero-order chi connectivity index (χ0) is 81.8. The maximum atomic E-state index is 15.4. The number of aromatic amines is 1. The number of aryl methyl sites for hydroxylation is 1. The van der Waals surface area contributed by atoms with Crippen molar-refractivity contribution in [2.24, 2.45) is 12.8 Å². The van der Waals surface area contributed by atoms with Crippen LogP contribution in [0.4, 0.5) is 0 Å². The number of hydrogen-bond acceptors (Lipinski definition) is 26. The number of aliphatic hydroxyl groups excluding tert-OH is 3. The van der Waals surface area contributed by atoms with E-state index in [2.05, 4.69) is 68.1 Å². The third-order valence-corrected chi connectivity index (χ3v) is 21.2. The molecular formula is C72H98N20O19S2. The number of aromatic nitrogens is 6. The van der Waals surface area contributed by atoms with Gasteiger partial charge in [-0.15, -0.1) is 5.10 Å². The molecule has 41 heteroatoms. The van der Waals surface area contributed by atoms with E-state index >= 15 is 14.4 Å². The average Bonchev–Trinajstić information content (AvgIpc) is 1.63. The number of unbranched alkanes of at least 4 members (excludes halogenated alkanes) is 1. The number of aromatic hydroxyl groups is 1. The van der Waals surface area contributed by atoms with Crippen molar-refractivity contribution in [3.8, 4) is 5.75 Å². The van der Waals surface area contributed by atoms with Crippen molar-refractivity contribution >= 4 is 109 Å². The number of benzene rings is 3. The van der Waals surface area contributed by atoms with Crippen LogP contribution in [-0.2, 0) is 79.1 Å². The van der Waals surface area contributed by atoms with Crippen LogP contribution >= 0.6 is 21.6 Å². The number of H-pyrrole nitrogens is 1. The fourth-order valence-corrected chi connectivity index (χ4v) is 14.8. The number of para-hydroxylation sites is 1. The lowest BCUT2D eigenvalue weighted by atomic mass is 10.0. The lowest BCUT2D eigenvalue weighted by Gasteiger charge is -2.33. The third kappa shape index (κ3) is 27.0. The number of nitrogens with one attached hydrogen (secondary N) is 10. The quantitative estimate of drug-likeness (QED) is 0.0161. The highest BCUT2D eigenvalue weighted by Gasteiger charge is 2.38. The van der Waals surface area contributed by atoms with E-state index in [9.17, 15) is 78.6 Å². The Morgan fingerprint density at radius 2 is 1.27 bits per heavy atom.